The van der Waals surface area contributed by atoms with Crippen LogP contribution in [0.3, 0.4) is 0 Å². The summed E-state index contributed by atoms with van der Waals surface area (Å²) in [6, 6.07) is 2.13. The summed E-state index contributed by atoms with van der Waals surface area (Å²) in [5.74, 6) is 7.13. The Morgan fingerprint density at radius 3 is 1.57 bits per heavy atom. The van der Waals surface area contributed by atoms with Gasteiger partial charge < -0.3 is 4.57 Å². The van der Waals surface area contributed by atoms with E-state index in [1.807, 2.05) is 21.9 Å². The number of imidazole rings is 1. The van der Waals surface area contributed by atoms with Gasteiger partial charge in [-0.3, -0.25) is 19.3 Å². The molecule has 5 rings (SSSR count). The van der Waals surface area contributed by atoms with Gasteiger partial charge in [0.15, 0.2) is 0 Å². The van der Waals surface area contributed by atoms with E-state index in [1.165, 1.54) is 46.1 Å². The van der Waals surface area contributed by atoms with Crippen LogP contribution in [0.15, 0.2) is 70.7 Å². The second-order valence-electron chi connectivity index (χ2n) is 23.3. The van der Waals surface area contributed by atoms with Crippen molar-refractivity contribution >= 4 is 11.4 Å². The van der Waals surface area contributed by atoms with Crippen LogP contribution in [0.25, 0.3) is 0 Å². The molecule has 0 spiro atoms. The van der Waals surface area contributed by atoms with Gasteiger partial charge in [0, 0.05) is 74.4 Å². The molecule has 0 fully saturated rings. The molecule has 2 aliphatic rings. The van der Waals surface area contributed by atoms with Crippen LogP contribution in [-0.2, 0) is 38.9 Å². The van der Waals surface area contributed by atoms with Gasteiger partial charge in [0.05, 0.1) is 23.9 Å². The molecule has 65 heavy (non-hydrogen) atoms. The highest BCUT2D eigenvalue weighted by atomic mass is 15.3. The van der Waals surface area contributed by atoms with Gasteiger partial charge in [-0.05, 0) is 121 Å². The van der Waals surface area contributed by atoms with Crippen LogP contribution in [0, 0.1) is 59.2 Å². The summed E-state index contributed by atoms with van der Waals surface area (Å²) < 4.78 is 6.27. The molecule has 8 nitrogen and oxygen atoms in total. The van der Waals surface area contributed by atoms with Crippen molar-refractivity contribution < 1.29 is 0 Å². The largest absolute Gasteiger partial charge is 0.337 e. The molecule has 0 unspecified atom stereocenters. The first-order chi connectivity index (χ1) is 30.4. The average Bonchev–Trinajstić information content (AvgIpc) is 4.00. The Morgan fingerprint density at radius 2 is 1.03 bits per heavy atom. The first-order valence-corrected chi connectivity index (χ1v) is 25.9. The summed E-state index contributed by atoms with van der Waals surface area (Å²) in [6.07, 6.45) is 24.9. The van der Waals surface area contributed by atoms with Crippen LogP contribution in [-0.4, -0.2) is 40.5 Å². The minimum Gasteiger partial charge on any atom is -0.337 e. The van der Waals surface area contributed by atoms with E-state index in [4.69, 9.17) is 0 Å². The van der Waals surface area contributed by atoms with Crippen LogP contribution in [0.1, 0.15) is 194 Å². The van der Waals surface area contributed by atoms with Crippen molar-refractivity contribution in [3.8, 4) is 0 Å². The maximum atomic E-state index is 4.65. The summed E-state index contributed by atoms with van der Waals surface area (Å²) in [7, 11) is 0. The quantitative estimate of drug-likeness (QED) is 0.113. The maximum absolute atomic E-state index is 4.65. The third-order valence-electron chi connectivity index (χ3n) is 9.94. The van der Waals surface area contributed by atoms with Gasteiger partial charge in [-0.1, -0.05) is 145 Å². The lowest BCUT2D eigenvalue weighted by Gasteiger charge is -2.07. The molecule has 0 N–H and O–H groups in total. The minimum absolute atomic E-state index is 0.673. The van der Waals surface area contributed by atoms with E-state index in [0.717, 1.165) is 101 Å². The van der Waals surface area contributed by atoms with E-state index in [1.54, 1.807) is 0 Å². The van der Waals surface area contributed by atoms with Crippen molar-refractivity contribution in [2.24, 2.45) is 69.2 Å². The number of nitrogens with zero attached hydrogens (tertiary/aromatic N) is 8. The molecule has 0 atom stereocenters. The number of hydrogen-bond acceptors (Lipinski definition) is 5. The molecular formula is C57H102N8. The van der Waals surface area contributed by atoms with Gasteiger partial charge in [-0.15, -0.1) is 0 Å². The molecule has 0 saturated heterocycles. The lowest BCUT2D eigenvalue weighted by atomic mass is 9.97. The Kier molecular flexibility index (Phi) is 29.5. The van der Waals surface area contributed by atoms with Crippen molar-refractivity contribution in [1.29, 1.82) is 0 Å². The van der Waals surface area contributed by atoms with Crippen LogP contribution in [0.5, 0.6) is 0 Å². The number of aliphatic imine (C=N–C) groups is 2. The first-order valence-electron chi connectivity index (χ1n) is 25.9. The van der Waals surface area contributed by atoms with Crippen LogP contribution in [0.4, 0.5) is 0 Å². The highest BCUT2D eigenvalue weighted by molar-refractivity contribution is 5.89. The van der Waals surface area contributed by atoms with Crippen LogP contribution in [0.2, 0.25) is 0 Å². The Balaban J connectivity index is 0.000000406. The summed E-state index contributed by atoms with van der Waals surface area (Å²) in [5.41, 5.74) is 9.38. The molecule has 2 aliphatic heterocycles. The van der Waals surface area contributed by atoms with Crippen LogP contribution >= 0.6 is 0 Å². The standard InChI is InChI=1S/2C12H21N.3C11H20N2/c1-9(2)5-11-7-12(13-8-11)6-10(3)4;1-9(2)7-11-5-6-12(13-11)8-10(3)4;1-9(2)5-11-6-12-13(8-11)7-10(3)4;1-9(2)5-11-7-13(8-12-11)6-10(3)4;1-9(2)7-11-5-6-13(12-11)8-10(3)4/h8-10H,5-7H2,1-4H3;5,9-10H,6-8H2,1-4H3;6,8-10H,5,7H2,1-4H3;7-10H,5-6H2,1-4H3;5-6,9-10H,7-8H2,1-4H3. The zero-order valence-electron chi connectivity index (χ0n) is 46.0. The molecule has 0 bridgehead atoms. The molecule has 370 valence electrons. The third-order valence-corrected chi connectivity index (χ3v) is 9.94. The first kappa shape index (κ1) is 59.5. The van der Waals surface area contributed by atoms with Gasteiger partial charge in [0.25, 0.3) is 0 Å². The van der Waals surface area contributed by atoms with Crippen molar-refractivity contribution in [2.45, 2.75) is 216 Å². The van der Waals surface area contributed by atoms with Gasteiger partial charge >= 0.3 is 0 Å². The SMILES string of the molecule is CC(C)CC1=CCC(CC(C)C)=N1.CC(C)CC1=CN=C(CC(C)C)C1.CC(C)Cc1ccn(CC(C)C)n1.CC(C)Cc1cn(CC(C)C)cn1.CC(C)Cc1cnn(CC(C)C)c1. The lowest BCUT2D eigenvalue weighted by molar-refractivity contribution is 0.476. The lowest BCUT2D eigenvalue weighted by Crippen LogP contribution is -2.05. The molecule has 8 heteroatoms. The smallest absolute Gasteiger partial charge is 0.0949 e. The van der Waals surface area contributed by atoms with Gasteiger partial charge in [-0.25, -0.2) is 4.98 Å². The number of rotatable bonds is 20. The minimum atomic E-state index is 0.673. The second-order valence-corrected chi connectivity index (χ2v) is 23.3. The predicted octanol–water partition coefficient (Wildman–Crippen LogP) is 15.8. The molecule has 0 amide bonds. The summed E-state index contributed by atoms with van der Waals surface area (Å²) in [6.45, 7) is 47.8. The molecule has 0 saturated carbocycles. The van der Waals surface area contributed by atoms with E-state index < -0.39 is 0 Å². The third kappa shape index (κ3) is 31.1. The topological polar surface area (TPSA) is 78.2 Å². The van der Waals surface area contributed by atoms with Crippen molar-refractivity contribution in [1.82, 2.24) is 29.1 Å². The fraction of sp³-hybridized carbons (Fsp3) is 0.737. The van der Waals surface area contributed by atoms with Crippen molar-refractivity contribution in [2.75, 3.05) is 0 Å². The molecule has 0 aromatic carbocycles. The Morgan fingerprint density at radius 1 is 0.508 bits per heavy atom. The number of allylic oxidation sites excluding steroid dienone is 3. The molecule has 0 aliphatic carbocycles. The Bertz CT molecular complexity index is 1570. The van der Waals surface area contributed by atoms with Gasteiger partial charge in [0.1, 0.15) is 0 Å². The summed E-state index contributed by atoms with van der Waals surface area (Å²) >= 11 is 0. The highest BCUT2D eigenvalue weighted by Crippen LogP contribution is 2.23. The van der Waals surface area contributed by atoms with E-state index in [2.05, 4.69) is 205 Å². The molecule has 3 aromatic heterocycles. The van der Waals surface area contributed by atoms with Crippen molar-refractivity contribution in [3.63, 3.8) is 0 Å². The predicted molar refractivity (Wildman–Crippen MR) is 285 cm³/mol. The normalized spacial score (nSPS) is 13.6. The molecule has 3 aromatic rings. The zero-order valence-corrected chi connectivity index (χ0v) is 46.0. The van der Waals surface area contributed by atoms with Gasteiger partial charge in [-0.2, -0.15) is 10.2 Å². The zero-order chi connectivity index (χ0) is 49.2. The number of aromatic nitrogens is 6. The fourth-order valence-electron chi connectivity index (χ4n) is 7.77. The van der Waals surface area contributed by atoms with Crippen molar-refractivity contribution in [3.05, 3.63) is 77.7 Å². The van der Waals surface area contributed by atoms with Crippen LogP contribution < -0.4 is 0 Å². The Labute approximate surface area is 401 Å². The summed E-state index contributed by atoms with van der Waals surface area (Å²) in [4.78, 5) is 13.5. The van der Waals surface area contributed by atoms with Gasteiger partial charge in [0.2, 0.25) is 0 Å². The Hall–Kier alpha value is -3.55. The average molecular weight is 899 g/mol. The molecule has 5 heterocycles. The highest BCUT2D eigenvalue weighted by Gasteiger charge is 2.13. The molecular weight excluding hydrogens is 797 g/mol. The maximum Gasteiger partial charge on any atom is 0.0949 e. The van der Waals surface area contributed by atoms with E-state index in [0.29, 0.717) is 29.6 Å². The second kappa shape index (κ2) is 32.2. The number of hydrogen-bond donors (Lipinski definition) is 0. The fourth-order valence-corrected chi connectivity index (χ4v) is 7.77. The van der Waals surface area contributed by atoms with E-state index >= 15 is 0 Å². The summed E-state index contributed by atoms with van der Waals surface area (Å²) in [5, 5.41) is 8.83. The van der Waals surface area contributed by atoms with E-state index in [-0.39, 0.29) is 0 Å². The van der Waals surface area contributed by atoms with E-state index in [9.17, 15) is 0 Å². The monoisotopic (exact) mass is 899 g/mol. The molecule has 0 radical (unpaired) electrons.